The Kier molecular flexibility index (Phi) is 4.26. The third-order valence-electron chi connectivity index (χ3n) is 4.09. The molecule has 22 heavy (non-hydrogen) atoms. The van der Waals surface area contributed by atoms with Gasteiger partial charge in [0.25, 0.3) is 0 Å². The topological polar surface area (TPSA) is 37.4 Å². The highest BCUT2D eigenvalue weighted by atomic mass is 35.5. The molecular formula is C17H18ClNO2S. The normalized spacial score (nSPS) is 19.5. The zero-order valence-corrected chi connectivity index (χ0v) is 13.9. The predicted octanol–water partition coefficient (Wildman–Crippen LogP) is 4.17. The highest BCUT2D eigenvalue weighted by molar-refractivity contribution is 7.89. The molecular weight excluding hydrogens is 318 g/mol. The first-order valence-corrected chi connectivity index (χ1v) is 9.15. The lowest BCUT2D eigenvalue weighted by atomic mass is 10.0. The summed E-state index contributed by atoms with van der Waals surface area (Å²) in [6, 6.07) is 14.6. The van der Waals surface area contributed by atoms with E-state index in [0.29, 0.717) is 6.54 Å². The van der Waals surface area contributed by atoms with Crippen LogP contribution in [-0.2, 0) is 10.0 Å². The van der Waals surface area contributed by atoms with Crippen LogP contribution in [0.5, 0.6) is 0 Å². The Labute approximate surface area is 136 Å². The van der Waals surface area contributed by atoms with E-state index < -0.39 is 10.0 Å². The zero-order valence-electron chi connectivity index (χ0n) is 12.4. The summed E-state index contributed by atoms with van der Waals surface area (Å²) in [7, 11) is -3.58. The highest BCUT2D eigenvalue weighted by Gasteiger charge is 2.36. The lowest BCUT2D eigenvalue weighted by molar-refractivity contribution is 0.396. The third kappa shape index (κ3) is 2.78. The average molecular weight is 336 g/mol. The van der Waals surface area contributed by atoms with Gasteiger partial charge in [0, 0.05) is 6.54 Å². The van der Waals surface area contributed by atoms with Gasteiger partial charge >= 0.3 is 0 Å². The van der Waals surface area contributed by atoms with Gasteiger partial charge in [0.15, 0.2) is 0 Å². The summed E-state index contributed by atoms with van der Waals surface area (Å²) in [5.74, 6) is 0. The van der Waals surface area contributed by atoms with Crippen molar-refractivity contribution >= 4 is 21.6 Å². The van der Waals surface area contributed by atoms with Crippen LogP contribution in [0.25, 0.3) is 0 Å². The Bertz CT molecular complexity index is 772. The molecule has 1 atom stereocenters. The second-order valence-electron chi connectivity index (χ2n) is 5.61. The number of nitrogens with zero attached hydrogens (tertiary/aromatic N) is 1. The van der Waals surface area contributed by atoms with E-state index in [0.717, 1.165) is 18.4 Å². The molecule has 0 radical (unpaired) electrons. The van der Waals surface area contributed by atoms with Gasteiger partial charge in [0.1, 0.15) is 4.90 Å². The number of rotatable bonds is 3. The first kappa shape index (κ1) is 15.5. The van der Waals surface area contributed by atoms with Crippen molar-refractivity contribution in [1.29, 1.82) is 0 Å². The maximum Gasteiger partial charge on any atom is 0.245 e. The third-order valence-corrected chi connectivity index (χ3v) is 6.50. The van der Waals surface area contributed by atoms with Gasteiger partial charge in [-0.15, -0.1) is 0 Å². The van der Waals surface area contributed by atoms with Crippen molar-refractivity contribution in [3.8, 4) is 0 Å². The second-order valence-corrected chi connectivity index (χ2v) is 7.88. The summed E-state index contributed by atoms with van der Waals surface area (Å²) >= 11 is 6.10. The Hall–Kier alpha value is -1.36. The van der Waals surface area contributed by atoms with Crippen LogP contribution in [0.1, 0.15) is 30.0 Å². The lowest BCUT2D eigenvalue weighted by Crippen LogP contribution is -2.30. The average Bonchev–Trinajstić information content (AvgIpc) is 2.98. The molecule has 0 aromatic heterocycles. The second kappa shape index (κ2) is 6.03. The van der Waals surface area contributed by atoms with Gasteiger partial charge in [-0.2, -0.15) is 4.31 Å². The van der Waals surface area contributed by atoms with Crippen LogP contribution in [0.2, 0.25) is 5.02 Å². The van der Waals surface area contributed by atoms with Crippen LogP contribution in [-0.4, -0.2) is 19.3 Å². The molecule has 1 fully saturated rings. The summed E-state index contributed by atoms with van der Waals surface area (Å²) < 4.78 is 27.5. The van der Waals surface area contributed by atoms with Gasteiger partial charge in [0.2, 0.25) is 10.0 Å². The van der Waals surface area contributed by atoms with Crippen LogP contribution in [0, 0.1) is 6.92 Å². The van der Waals surface area contributed by atoms with Crippen molar-refractivity contribution in [1.82, 2.24) is 4.31 Å². The van der Waals surface area contributed by atoms with E-state index in [1.54, 1.807) is 28.6 Å². The number of benzene rings is 2. The van der Waals surface area contributed by atoms with Gasteiger partial charge in [-0.1, -0.05) is 53.6 Å². The largest absolute Gasteiger partial charge is 0.245 e. The van der Waals surface area contributed by atoms with Crippen molar-refractivity contribution in [2.75, 3.05) is 6.54 Å². The van der Waals surface area contributed by atoms with Gasteiger partial charge in [-0.25, -0.2) is 8.42 Å². The fraction of sp³-hybridized carbons (Fsp3) is 0.294. The molecule has 5 heteroatoms. The van der Waals surface area contributed by atoms with Crippen molar-refractivity contribution < 1.29 is 8.42 Å². The van der Waals surface area contributed by atoms with Gasteiger partial charge < -0.3 is 0 Å². The number of aryl methyl sites for hydroxylation is 1. The molecule has 1 heterocycles. The maximum absolute atomic E-state index is 12.9. The van der Waals surface area contributed by atoms with E-state index in [2.05, 4.69) is 0 Å². The molecule has 0 unspecified atom stereocenters. The van der Waals surface area contributed by atoms with Crippen LogP contribution in [0.4, 0.5) is 0 Å². The molecule has 0 spiro atoms. The fourth-order valence-corrected chi connectivity index (χ4v) is 5.11. The van der Waals surface area contributed by atoms with Crippen LogP contribution >= 0.6 is 11.6 Å². The minimum absolute atomic E-state index is 0.109. The number of halogens is 1. The van der Waals surface area contributed by atoms with E-state index in [4.69, 9.17) is 11.6 Å². The van der Waals surface area contributed by atoms with E-state index in [9.17, 15) is 8.42 Å². The van der Waals surface area contributed by atoms with Gasteiger partial charge in [-0.05, 0) is 37.5 Å². The van der Waals surface area contributed by atoms with Crippen LogP contribution < -0.4 is 0 Å². The molecule has 3 rings (SSSR count). The molecule has 1 aliphatic heterocycles. The van der Waals surface area contributed by atoms with Gasteiger partial charge in [0.05, 0.1) is 11.1 Å². The number of sulfonamides is 1. The van der Waals surface area contributed by atoms with E-state index in [1.807, 2.05) is 31.2 Å². The summed E-state index contributed by atoms with van der Waals surface area (Å²) in [5.41, 5.74) is 2.21. The first-order valence-electron chi connectivity index (χ1n) is 7.33. The monoisotopic (exact) mass is 335 g/mol. The summed E-state index contributed by atoms with van der Waals surface area (Å²) in [6.45, 7) is 2.56. The molecule has 1 saturated heterocycles. The van der Waals surface area contributed by atoms with Crippen molar-refractivity contribution in [3.63, 3.8) is 0 Å². The van der Waals surface area contributed by atoms with E-state index in [-0.39, 0.29) is 16.0 Å². The van der Waals surface area contributed by atoms with Crippen molar-refractivity contribution in [2.45, 2.75) is 30.7 Å². The fourth-order valence-electron chi connectivity index (χ4n) is 2.93. The number of hydrogen-bond donors (Lipinski definition) is 0. The summed E-state index contributed by atoms with van der Waals surface area (Å²) in [6.07, 6.45) is 1.70. The van der Waals surface area contributed by atoms with Crippen LogP contribution in [0.3, 0.4) is 0 Å². The molecule has 0 N–H and O–H groups in total. The predicted molar refractivity (Wildman–Crippen MR) is 88.5 cm³/mol. The Morgan fingerprint density at radius 1 is 1.09 bits per heavy atom. The standard InChI is InChI=1S/C17H18ClNO2S/c1-13-8-10-14(11-9-13)16-6-4-12-19(16)22(20,21)17-7-3-2-5-15(17)18/h2-3,5,7-11,16H,4,6,12H2,1H3/t16-/m0/s1. The number of hydrogen-bond acceptors (Lipinski definition) is 2. The molecule has 1 aliphatic rings. The van der Waals surface area contributed by atoms with Gasteiger partial charge in [-0.3, -0.25) is 0 Å². The Morgan fingerprint density at radius 2 is 1.77 bits per heavy atom. The van der Waals surface area contributed by atoms with Crippen molar-refractivity contribution in [2.24, 2.45) is 0 Å². The maximum atomic E-state index is 12.9. The minimum Gasteiger partial charge on any atom is -0.207 e. The first-order chi connectivity index (χ1) is 10.5. The van der Waals surface area contributed by atoms with E-state index in [1.165, 1.54) is 5.56 Å². The zero-order chi connectivity index (χ0) is 15.7. The quantitative estimate of drug-likeness (QED) is 0.844. The molecule has 2 aromatic carbocycles. The Balaban J connectivity index is 1.99. The molecule has 116 valence electrons. The molecule has 2 aromatic rings. The summed E-state index contributed by atoms with van der Waals surface area (Å²) in [4.78, 5) is 0.190. The molecule has 0 saturated carbocycles. The van der Waals surface area contributed by atoms with E-state index >= 15 is 0 Å². The molecule has 3 nitrogen and oxygen atoms in total. The Morgan fingerprint density at radius 3 is 2.45 bits per heavy atom. The molecule has 0 aliphatic carbocycles. The molecule has 0 amide bonds. The van der Waals surface area contributed by atoms with Crippen LogP contribution in [0.15, 0.2) is 53.4 Å². The lowest BCUT2D eigenvalue weighted by Gasteiger charge is -2.25. The SMILES string of the molecule is Cc1ccc([C@@H]2CCCN2S(=O)(=O)c2ccccc2Cl)cc1. The summed E-state index contributed by atoms with van der Waals surface area (Å²) in [5, 5.41) is 0.275. The molecule has 0 bridgehead atoms. The highest BCUT2D eigenvalue weighted by Crippen LogP contribution is 2.37. The minimum atomic E-state index is -3.58. The smallest absolute Gasteiger partial charge is 0.207 e. The van der Waals surface area contributed by atoms with Crippen molar-refractivity contribution in [3.05, 3.63) is 64.7 Å².